The third-order valence-electron chi connectivity index (χ3n) is 5.12. The summed E-state index contributed by atoms with van der Waals surface area (Å²) in [5.74, 6) is 0.290. The van der Waals surface area contributed by atoms with E-state index in [1.165, 1.54) is 0 Å². The predicted octanol–water partition coefficient (Wildman–Crippen LogP) is 2.33. The highest BCUT2D eigenvalue weighted by Crippen LogP contribution is 2.35. The Balaban J connectivity index is 0.00000243. The molecular formula is C18H25Cl2N3O3. The first kappa shape index (κ1) is 20.8. The average molecular weight is 402 g/mol. The molecule has 2 saturated heterocycles. The topological polar surface area (TPSA) is 61.9 Å². The lowest BCUT2D eigenvalue weighted by Crippen LogP contribution is -2.46. The van der Waals surface area contributed by atoms with Gasteiger partial charge in [0.1, 0.15) is 5.75 Å². The van der Waals surface area contributed by atoms with E-state index in [4.69, 9.17) is 16.3 Å². The molecule has 0 aliphatic carbocycles. The van der Waals surface area contributed by atoms with Crippen molar-refractivity contribution in [2.24, 2.45) is 5.92 Å². The van der Waals surface area contributed by atoms with Crippen molar-refractivity contribution in [3.05, 3.63) is 23.2 Å². The van der Waals surface area contributed by atoms with Gasteiger partial charge < -0.3 is 19.9 Å². The van der Waals surface area contributed by atoms with Crippen LogP contribution < -0.4 is 15.0 Å². The fourth-order valence-corrected chi connectivity index (χ4v) is 3.79. The summed E-state index contributed by atoms with van der Waals surface area (Å²) in [5.41, 5.74) is 0.629. The quantitative estimate of drug-likeness (QED) is 0.840. The van der Waals surface area contributed by atoms with Crippen LogP contribution in [0.2, 0.25) is 5.02 Å². The molecule has 0 aromatic heterocycles. The molecule has 1 atom stereocenters. The van der Waals surface area contributed by atoms with Crippen molar-refractivity contribution < 1.29 is 14.3 Å². The molecule has 0 saturated carbocycles. The second-order valence-corrected chi connectivity index (χ2v) is 7.05. The van der Waals surface area contributed by atoms with Gasteiger partial charge in [-0.25, -0.2) is 0 Å². The fourth-order valence-electron chi connectivity index (χ4n) is 3.63. The van der Waals surface area contributed by atoms with Crippen molar-refractivity contribution in [2.75, 3.05) is 38.7 Å². The molecule has 1 N–H and O–H groups in total. The van der Waals surface area contributed by atoms with Crippen molar-refractivity contribution in [3.8, 4) is 5.75 Å². The molecule has 2 aliphatic heterocycles. The zero-order valence-electron chi connectivity index (χ0n) is 15.0. The number of amides is 2. The zero-order chi connectivity index (χ0) is 18.0. The maximum absolute atomic E-state index is 12.8. The van der Waals surface area contributed by atoms with Gasteiger partial charge in [0.2, 0.25) is 11.8 Å². The molecule has 144 valence electrons. The molecule has 0 spiro atoms. The maximum atomic E-state index is 12.8. The van der Waals surface area contributed by atoms with Gasteiger partial charge in [0.25, 0.3) is 0 Å². The molecule has 0 radical (unpaired) electrons. The number of ether oxygens (including phenoxy) is 1. The van der Waals surface area contributed by atoms with Crippen molar-refractivity contribution in [3.63, 3.8) is 0 Å². The van der Waals surface area contributed by atoms with Gasteiger partial charge in [0.05, 0.1) is 18.7 Å². The average Bonchev–Trinajstić information content (AvgIpc) is 3.02. The molecule has 1 aromatic carbocycles. The molecule has 1 aromatic rings. The predicted molar refractivity (Wildman–Crippen MR) is 104 cm³/mol. The number of methoxy groups -OCH3 is 1. The van der Waals surface area contributed by atoms with E-state index in [0.29, 0.717) is 29.0 Å². The molecule has 6 nitrogen and oxygen atoms in total. The van der Waals surface area contributed by atoms with Crippen molar-refractivity contribution in [1.82, 2.24) is 10.2 Å². The summed E-state index contributed by atoms with van der Waals surface area (Å²) in [6, 6.07) is 5.65. The van der Waals surface area contributed by atoms with E-state index in [0.717, 1.165) is 25.9 Å². The minimum Gasteiger partial charge on any atom is -0.495 e. The Kier molecular flexibility index (Phi) is 7.15. The Labute approximate surface area is 165 Å². The summed E-state index contributed by atoms with van der Waals surface area (Å²) in [6.45, 7) is 1.87. The number of carbonyl (C=O) groups is 2. The minimum absolute atomic E-state index is 0. The maximum Gasteiger partial charge on any atom is 0.228 e. The summed E-state index contributed by atoms with van der Waals surface area (Å²) in [6.07, 6.45) is 2.14. The molecular weight excluding hydrogens is 377 g/mol. The Morgan fingerprint density at radius 1 is 1.31 bits per heavy atom. The molecule has 2 amide bonds. The minimum atomic E-state index is -0.303. The van der Waals surface area contributed by atoms with Crippen LogP contribution in [-0.4, -0.2) is 56.5 Å². The fraction of sp³-hybridized carbons (Fsp3) is 0.556. The summed E-state index contributed by atoms with van der Waals surface area (Å²) in [5, 5.41) is 3.79. The third kappa shape index (κ3) is 4.24. The zero-order valence-corrected chi connectivity index (χ0v) is 16.6. The van der Waals surface area contributed by atoms with Gasteiger partial charge in [0, 0.05) is 37.1 Å². The lowest BCUT2D eigenvalue weighted by atomic mass is 10.0. The van der Waals surface area contributed by atoms with Gasteiger partial charge in [-0.2, -0.15) is 0 Å². The summed E-state index contributed by atoms with van der Waals surface area (Å²) < 4.78 is 5.34. The summed E-state index contributed by atoms with van der Waals surface area (Å²) >= 11 is 6.07. The highest BCUT2D eigenvalue weighted by Gasteiger charge is 2.38. The van der Waals surface area contributed by atoms with Gasteiger partial charge in [-0.3, -0.25) is 9.59 Å². The van der Waals surface area contributed by atoms with Gasteiger partial charge in [-0.15, -0.1) is 12.4 Å². The van der Waals surface area contributed by atoms with E-state index in [9.17, 15) is 9.59 Å². The number of carbonyl (C=O) groups excluding carboxylic acids is 2. The molecule has 2 fully saturated rings. The molecule has 0 bridgehead atoms. The van der Waals surface area contributed by atoms with Crippen LogP contribution in [-0.2, 0) is 9.59 Å². The summed E-state index contributed by atoms with van der Waals surface area (Å²) in [7, 11) is 3.51. The molecule has 8 heteroatoms. The number of nitrogens with one attached hydrogen (secondary N) is 1. The van der Waals surface area contributed by atoms with Crippen LogP contribution in [0.15, 0.2) is 18.2 Å². The second kappa shape index (κ2) is 8.93. The highest BCUT2D eigenvalue weighted by atomic mass is 35.5. The highest BCUT2D eigenvalue weighted by molar-refractivity contribution is 6.31. The van der Waals surface area contributed by atoms with Crippen LogP contribution in [0, 0.1) is 5.92 Å². The number of hydrogen-bond acceptors (Lipinski definition) is 4. The van der Waals surface area contributed by atoms with Crippen LogP contribution >= 0.6 is 24.0 Å². The van der Waals surface area contributed by atoms with E-state index in [-0.39, 0.29) is 36.6 Å². The standard InChI is InChI=1S/C18H24ClN3O3.ClH/c1-20-14-5-7-21(8-6-14)18(24)12-9-17(23)22(11-12)15-10-13(19)3-4-16(15)25-2;/h3-4,10,12,14,20H,5-9,11H2,1-2H3;1H. The van der Waals surface area contributed by atoms with Gasteiger partial charge in [-0.05, 0) is 38.1 Å². The van der Waals surface area contributed by atoms with E-state index in [2.05, 4.69) is 5.32 Å². The Hall–Kier alpha value is -1.50. The number of likely N-dealkylation sites (tertiary alicyclic amines) is 1. The first-order valence-electron chi connectivity index (χ1n) is 8.63. The SMILES string of the molecule is CNC1CCN(C(=O)C2CC(=O)N(c3cc(Cl)ccc3OC)C2)CC1.Cl. The van der Waals surface area contributed by atoms with Crippen LogP contribution in [0.3, 0.4) is 0 Å². The van der Waals surface area contributed by atoms with Crippen molar-refractivity contribution >= 4 is 41.5 Å². The van der Waals surface area contributed by atoms with Crippen LogP contribution in [0.25, 0.3) is 0 Å². The number of anilines is 1. The van der Waals surface area contributed by atoms with E-state index in [1.54, 1.807) is 30.2 Å². The largest absolute Gasteiger partial charge is 0.495 e. The number of piperidine rings is 1. The van der Waals surface area contributed by atoms with Gasteiger partial charge >= 0.3 is 0 Å². The number of nitrogens with zero attached hydrogens (tertiary/aromatic N) is 2. The molecule has 2 aliphatic rings. The van der Waals surface area contributed by atoms with E-state index < -0.39 is 0 Å². The normalized spacial score (nSPS) is 20.9. The lowest BCUT2D eigenvalue weighted by Gasteiger charge is -2.33. The van der Waals surface area contributed by atoms with Crippen molar-refractivity contribution in [1.29, 1.82) is 0 Å². The molecule has 2 heterocycles. The number of rotatable bonds is 4. The second-order valence-electron chi connectivity index (χ2n) is 6.61. The van der Waals surface area contributed by atoms with Crippen LogP contribution in [0.4, 0.5) is 5.69 Å². The monoisotopic (exact) mass is 401 g/mol. The van der Waals surface area contributed by atoms with Gasteiger partial charge in [0.15, 0.2) is 0 Å². The van der Waals surface area contributed by atoms with Gasteiger partial charge in [-0.1, -0.05) is 11.6 Å². The number of benzene rings is 1. The summed E-state index contributed by atoms with van der Waals surface area (Å²) in [4.78, 5) is 28.8. The third-order valence-corrected chi connectivity index (χ3v) is 5.36. The number of hydrogen-bond donors (Lipinski definition) is 1. The Bertz CT molecular complexity index is 663. The molecule has 26 heavy (non-hydrogen) atoms. The lowest BCUT2D eigenvalue weighted by molar-refractivity contribution is -0.136. The van der Waals surface area contributed by atoms with Crippen LogP contribution in [0.5, 0.6) is 5.75 Å². The van der Waals surface area contributed by atoms with Crippen molar-refractivity contribution in [2.45, 2.75) is 25.3 Å². The van der Waals surface area contributed by atoms with E-state index >= 15 is 0 Å². The Morgan fingerprint density at radius 2 is 2.00 bits per heavy atom. The number of halogens is 2. The first-order valence-corrected chi connectivity index (χ1v) is 9.01. The molecule has 3 rings (SSSR count). The first-order chi connectivity index (χ1) is 12.0. The molecule has 1 unspecified atom stereocenters. The van der Waals surface area contributed by atoms with Crippen LogP contribution in [0.1, 0.15) is 19.3 Å². The Morgan fingerprint density at radius 3 is 2.62 bits per heavy atom. The smallest absolute Gasteiger partial charge is 0.228 e. The van der Waals surface area contributed by atoms with E-state index in [1.807, 2.05) is 11.9 Å².